The Morgan fingerprint density at radius 3 is 2.31 bits per heavy atom. The van der Waals surface area contributed by atoms with Crippen LogP contribution in [-0.4, -0.2) is 29.5 Å². The van der Waals surface area contributed by atoms with E-state index in [1.807, 2.05) is 19.1 Å². The van der Waals surface area contributed by atoms with E-state index in [1.54, 1.807) is 0 Å². The summed E-state index contributed by atoms with van der Waals surface area (Å²) in [4.78, 5) is 16.2. The molecule has 5 rings (SSSR count). The first-order chi connectivity index (χ1) is 15.7. The lowest BCUT2D eigenvalue weighted by Crippen LogP contribution is -2.44. The molecule has 4 nitrogen and oxygen atoms in total. The summed E-state index contributed by atoms with van der Waals surface area (Å²) in [6, 6.07) is 29.7. The molecule has 0 aliphatic heterocycles. The number of aromatic nitrogens is 1. The maximum absolute atomic E-state index is 12.6. The van der Waals surface area contributed by atoms with Crippen molar-refractivity contribution in [3.05, 3.63) is 96.1 Å². The zero-order valence-electron chi connectivity index (χ0n) is 18.3. The highest BCUT2D eigenvalue weighted by Crippen LogP contribution is 2.38. The quantitative estimate of drug-likeness (QED) is 0.364. The summed E-state index contributed by atoms with van der Waals surface area (Å²) >= 11 is 0. The zero-order chi connectivity index (χ0) is 21.9. The average molecular weight is 424 g/mol. The fourth-order valence-electron chi connectivity index (χ4n) is 4.37. The first-order valence-corrected chi connectivity index (χ1v) is 11.5. The van der Waals surface area contributed by atoms with Crippen molar-refractivity contribution in [2.45, 2.75) is 37.8 Å². The SMILES string of the molecule is C[C@H](NC[C@H](c1ccccc1)c1c(-c2ccccc2)[nH]c2ccccc12)C(=O)NC1CC1. The van der Waals surface area contributed by atoms with Gasteiger partial charge < -0.3 is 15.6 Å². The molecule has 1 fully saturated rings. The number of rotatable bonds is 8. The van der Waals surface area contributed by atoms with Gasteiger partial charge >= 0.3 is 0 Å². The van der Waals surface area contributed by atoms with Crippen molar-refractivity contribution in [2.24, 2.45) is 0 Å². The minimum Gasteiger partial charge on any atom is -0.354 e. The summed E-state index contributed by atoms with van der Waals surface area (Å²) in [5.41, 5.74) is 5.93. The minimum absolute atomic E-state index is 0.0847. The van der Waals surface area contributed by atoms with Gasteiger partial charge in [0.2, 0.25) is 5.91 Å². The number of carbonyl (C=O) groups is 1. The molecule has 162 valence electrons. The molecule has 1 heterocycles. The second kappa shape index (κ2) is 9.01. The van der Waals surface area contributed by atoms with Crippen LogP contribution in [0.1, 0.15) is 36.8 Å². The Bertz CT molecular complexity index is 1200. The zero-order valence-corrected chi connectivity index (χ0v) is 18.3. The van der Waals surface area contributed by atoms with Gasteiger partial charge in [-0.05, 0) is 42.5 Å². The second-order valence-corrected chi connectivity index (χ2v) is 8.70. The van der Waals surface area contributed by atoms with E-state index in [9.17, 15) is 4.79 Å². The van der Waals surface area contributed by atoms with E-state index < -0.39 is 0 Å². The molecule has 2 atom stereocenters. The molecule has 1 amide bonds. The van der Waals surface area contributed by atoms with Crippen LogP contribution in [0, 0.1) is 0 Å². The number of hydrogen-bond donors (Lipinski definition) is 3. The van der Waals surface area contributed by atoms with Crippen LogP contribution in [-0.2, 0) is 4.79 Å². The van der Waals surface area contributed by atoms with Gasteiger partial charge in [0.25, 0.3) is 0 Å². The fraction of sp³-hybridized carbons (Fsp3) is 0.250. The Morgan fingerprint density at radius 2 is 1.59 bits per heavy atom. The van der Waals surface area contributed by atoms with Crippen LogP contribution < -0.4 is 10.6 Å². The minimum atomic E-state index is -0.243. The summed E-state index contributed by atoms with van der Waals surface area (Å²) in [6.07, 6.45) is 2.20. The van der Waals surface area contributed by atoms with E-state index in [1.165, 1.54) is 22.1 Å². The number of amides is 1. The second-order valence-electron chi connectivity index (χ2n) is 8.70. The van der Waals surface area contributed by atoms with Crippen LogP contribution in [0.2, 0.25) is 0 Å². The van der Waals surface area contributed by atoms with Crippen molar-refractivity contribution in [3.63, 3.8) is 0 Å². The van der Waals surface area contributed by atoms with Crippen LogP contribution in [0.4, 0.5) is 0 Å². The van der Waals surface area contributed by atoms with Gasteiger partial charge in [-0.3, -0.25) is 4.79 Å². The number of H-pyrrole nitrogens is 1. The van der Waals surface area contributed by atoms with Crippen LogP contribution in [0.25, 0.3) is 22.2 Å². The molecule has 3 N–H and O–H groups in total. The van der Waals surface area contributed by atoms with Gasteiger partial charge in [-0.1, -0.05) is 78.9 Å². The van der Waals surface area contributed by atoms with E-state index in [-0.39, 0.29) is 17.9 Å². The Kier molecular flexibility index (Phi) is 5.78. The normalized spacial score (nSPS) is 15.4. The van der Waals surface area contributed by atoms with E-state index in [0.29, 0.717) is 12.6 Å². The highest BCUT2D eigenvalue weighted by Gasteiger charge is 2.27. The number of hydrogen-bond acceptors (Lipinski definition) is 2. The number of aromatic amines is 1. The number of fused-ring (bicyclic) bond motifs is 1. The van der Waals surface area contributed by atoms with Gasteiger partial charge in [0.1, 0.15) is 0 Å². The summed E-state index contributed by atoms with van der Waals surface area (Å²) in [7, 11) is 0. The largest absolute Gasteiger partial charge is 0.354 e. The molecule has 0 spiro atoms. The van der Waals surface area contributed by atoms with E-state index in [4.69, 9.17) is 0 Å². The van der Waals surface area contributed by atoms with E-state index in [2.05, 4.69) is 88.4 Å². The molecular formula is C28H29N3O. The Hall–Kier alpha value is -3.37. The third-order valence-corrected chi connectivity index (χ3v) is 6.30. The van der Waals surface area contributed by atoms with E-state index in [0.717, 1.165) is 24.1 Å². The molecule has 0 radical (unpaired) electrons. The smallest absolute Gasteiger partial charge is 0.237 e. The number of carbonyl (C=O) groups excluding carboxylic acids is 1. The Morgan fingerprint density at radius 1 is 0.938 bits per heavy atom. The molecule has 32 heavy (non-hydrogen) atoms. The molecule has 1 aliphatic rings. The highest BCUT2D eigenvalue weighted by molar-refractivity contribution is 5.92. The van der Waals surface area contributed by atoms with Crippen molar-refractivity contribution in [3.8, 4) is 11.3 Å². The average Bonchev–Trinajstić information content (AvgIpc) is 3.58. The molecule has 0 unspecified atom stereocenters. The van der Waals surface area contributed by atoms with Crippen LogP contribution in [0.5, 0.6) is 0 Å². The highest BCUT2D eigenvalue weighted by atomic mass is 16.2. The lowest BCUT2D eigenvalue weighted by molar-refractivity contribution is -0.122. The fourth-order valence-corrected chi connectivity index (χ4v) is 4.37. The van der Waals surface area contributed by atoms with Crippen molar-refractivity contribution >= 4 is 16.8 Å². The third kappa shape index (κ3) is 4.32. The lowest BCUT2D eigenvalue weighted by atomic mass is 9.87. The molecule has 0 bridgehead atoms. The summed E-state index contributed by atoms with van der Waals surface area (Å²) in [5, 5.41) is 7.85. The predicted molar refractivity (Wildman–Crippen MR) is 131 cm³/mol. The monoisotopic (exact) mass is 423 g/mol. The van der Waals surface area contributed by atoms with Gasteiger partial charge in [0.15, 0.2) is 0 Å². The number of para-hydroxylation sites is 1. The van der Waals surface area contributed by atoms with Gasteiger partial charge in [-0.2, -0.15) is 0 Å². The molecule has 1 saturated carbocycles. The summed E-state index contributed by atoms with van der Waals surface area (Å²) < 4.78 is 0. The van der Waals surface area contributed by atoms with Gasteiger partial charge in [-0.25, -0.2) is 0 Å². The standard InChI is InChI=1S/C28H29N3O/c1-19(28(32)30-22-16-17-22)29-18-24(20-10-4-2-5-11-20)26-23-14-8-9-15-25(23)31-27(26)21-12-6-3-7-13-21/h2-15,19,22,24,29,31H,16-18H2,1H3,(H,30,32)/t19-,24+/m0/s1. The van der Waals surface area contributed by atoms with Gasteiger partial charge in [-0.15, -0.1) is 0 Å². The summed E-state index contributed by atoms with van der Waals surface area (Å²) in [5.74, 6) is 0.181. The van der Waals surface area contributed by atoms with E-state index >= 15 is 0 Å². The topological polar surface area (TPSA) is 56.9 Å². The molecule has 3 aromatic carbocycles. The Balaban J connectivity index is 1.55. The molecular weight excluding hydrogens is 394 g/mol. The van der Waals surface area contributed by atoms with Crippen molar-refractivity contribution < 1.29 is 4.79 Å². The first kappa shape index (κ1) is 20.5. The molecule has 1 aliphatic carbocycles. The summed E-state index contributed by atoms with van der Waals surface area (Å²) in [6.45, 7) is 2.62. The van der Waals surface area contributed by atoms with Crippen molar-refractivity contribution in [2.75, 3.05) is 6.54 Å². The van der Waals surface area contributed by atoms with Crippen LogP contribution >= 0.6 is 0 Å². The number of nitrogens with one attached hydrogen (secondary N) is 3. The number of benzene rings is 3. The maximum atomic E-state index is 12.6. The van der Waals surface area contributed by atoms with Crippen LogP contribution in [0.3, 0.4) is 0 Å². The van der Waals surface area contributed by atoms with Gasteiger partial charge in [0, 0.05) is 29.4 Å². The third-order valence-electron chi connectivity index (χ3n) is 6.30. The van der Waals surface area contributed by atoms with Crippen molar-refractivity contribution in [1.82, 2.24) is 15.6 Å². The van der Waals surface area contributed by atoms with Crippen molar-refractivity contribution in [1.29, 1.82) is 0 Å². The maximum Gasteiger partial charge on any atom is 0.237 e. The molecule has 4 heteroatoms. The predicted octanol–water partition coefficient (Wildman–Crippen LogP) is 5.22. The first-order valence-electron chi connectivity index (χ1n) is 11.5. The Labute approximate surface area is 189 Å². The lowest BCUT2D eigenvalue weighted by Gasteiger charge is -2.23. The molecule has 1 aromatic heterocycles. The van der Waals surface area contributed by atoms with Gasteiger partial charge in [0.05, 0.1) is 11.7 Å². The van der Waals surface area contributed by atoms with Crippen LogP contribution in [0.15, 0.2) is 84.9 Å². The molecule has 4 aromatic rings. The molecule has 0 saturated heterocycles.